The van der Waals surface area contributed by atoms with Crippen LogP contribution in [0.5, 0.6) is 0 Å². The van der Waals surface area contributed by atoms with Crippen molar-refractivity contribution in [1.82, 2.24) is 10.2 Å². The van der Waals surface area contributed by atoms with Crippen LogP contribution in [0.15, 0.2) is 47.4 Å². The number of nitrogens with one attached hydrogen (secondary N) is 1. The van der Waals surface area contributed by atoms with Gasteiger partial charge in [0.25, 0.3) is 16.8 Å². The number of nitro groups is 1. The molecule has 8 nitrogen and oxygen atoms in total. The van der Waals surface area contributed by atoms with E-state index in [0.717, 1.165) is 16.7 Å². The van der Waals surface area contributed by atoms with E-state index in [1.165, 1.54) is 30.3 Å². The van der Waals surface area contributed by atoms with Crippen molar-refractivity contribution in [1.29, 1.82) is 0 Å². The molecule has 0 aromatic heterocycles. The van der Waals surface area contributed by atoms with E-state index in [-0.39, 0.29) is 36.0 Å². The van der Waals surface area contributed by atoms with E-state index in [2.05, 4.69) is 5.32 Å². The normalized spacial score (nSPS) is 14.9. The SMILES string of the molecule is O=C(Cc1ccc(Cl)cc1Cl)NCCN1C(=O)S/C(=C/c2ccc([N+](=O)[O-])cc2)C1=O. The second-order valence-corrected chi connectivity index (χ2v) is 8.28. The maximum absolute atomic E-state index is 12.5. The number of benzene rings is 2. The Morgan fingerprint density at radius 2 is 1.87 bits per heavy atom. The van der Waals surface area contributed by atoms with E-state index >= 15 is 0 Å². The van der Waals surface area contributed by atoms with Crippen molar-refractivity contribution in [3.8, 4) is 0 Å². The highest BCUT2D eigenvalue weighted by molar-refractivity contribution is 8.18. The summed E-state index contributed by atoms with van der Waals surface area (Å²) in [6, 6.07) is 10.5. The minimum absolute atomic E-state index is 0.0162. The van der Waals surface area contributed by atoms with Crippen molar-refractivity contribution in [2.75, 3.05) is 13.1 Å². The first-order valence-corrected chi connectivity index (χ1v) is 10.5. The first-order valence-electron chi connectivity index (χ1n) is 8.95. The second kappa shape index (κ2) is 9.95. The number of hydrogen-bond acceptors (Lipinski definition) is 6. The van der Waals surface area contributed by atoms with Crippen LogP contribution in [0.3, 0.4) is 0 Å². The smallest absolute Gasteiger partial charge is 0.293 e. The number of carbonyl (C=O) groups excluding carboxylic acids is 3. The van der Waals surface area contributed by atoms with E-state index in [9.17, 15) is 24.5 Å². The molecule has 0 saturated carbocycles. The first-order chi connectivity index (χ1) is 14.7. The van der Waals surface area contributed by atoms with Gasteiger partial charge in [0.15, 0.2) is 0 Å². The molecule has 1 aliphatic heterocycles. The van der Waals surface area contributed by atoms with Crippen molar-refractivity contribution in [2.24, 2.45) is 0 Å². The third-order valence-electron chi connectivity index (χ3n) is 4.30. The quantitative estimate of drug-likeness (QED) is 0.360. The molecule has 1 fully saturated rings. The summed E-state index contributed by atoms with van der Waals surface area (Å²) < 4.78 is 0. The molecule has 0 spiro atoms. The van der Waals surface area contributed by atoms with Gasteiger partial charge in [-0.2, -0.15) is 0 Å². The Morgan fingerprint density at radius 1 is 1.16 bits per heavy atom. The molecule has 0 atom stereocenters. The number of hydrogen-bond donors (Lipinski definition) is 1. The summed E-state index contributed by atoms with van der Waals surface area (Å²) in [6.07, 6.45) is 1.54. The Balaban J connectivity index is 1.55. The third kappa shape index (κ3) is 5.84. The van der Waals surface area contributed by atoms with E-state index < -0.39 is 16.1 Å². The summed E-state index contributed by atoms with van der Waals surface area (Å²) in [5.74, 6) is -0.791. The number of nitrogens with zero attached hydrogens (tertiary/aromatic N) is 2. The molecule has 2 aromatic carbocycles. The summed E-state index contributed by atoms with van der Waals surface area (Å²) in [4.78, 5) is 48.2. The standard InChI is InChI=1S/C20H15Cl2N3O5S/c21-14-4-3-13(16(22)11-14)10-18(26)23-7-8-24-19(27)17(31-20(24)28)9-12-1-5-15(6-2-12)25(29)30/h1-6,9,11H,7-8,10H2,(H,23,26)/b17-9+. The zero-order chi connectivity index (χ0) is 22.5. The lowest BCUT2D eigenvalue weighted by atomic mass is 10.1. The zero-order valence-corrected chi connectivity index (χ0v) is 18.2. The monoisotopic (exact) mass is 479 g/mol. The fourth-order valence-corrected chi connectivity index (χ4v) is 4.08. The minimum Gasteiger partial charge on any atom is -0.354 e. The molecule has 2 aromatic rings. The van der Waals surface area contributed by atoms with Crippen LogP contribution in [0.1, 0.15) is 11.1 Å². The molecule has 1 heterocycles. The lowest BCUT2D eigenvalue weighted by molar-refractivity contribution is -0.384. The van der Waals surface area contributed by atoms with Crippen LogP contribution in [0.4, 0.5) is 10.5 Å². The number of amides is 3. The molecule has 31 heavy (non-hydrogen) atoms. The summed E-state index contributed by atoms with van der Waals surface area (Å²) in [5.41, 5.74) is 1.10. The van der Waals surface area contributed by atoms with Gasteiger partial charge in [-0.1, -0.05) is 29.3 Å². The highest BCUT2D eigenvalue weighted by Crippen LogP contribution is 2.32. The average molecular weight is 480 g/mol. The molecule has 0 aliphatic carbocycles. The van der Waals surface area contributed by atoms with Crippen LogP contribution < -0.4 is 5.32 Å². The maximum Gasteiger partial charge on any atom is 0.293 e. The summed E-state index contributed by atoms with van der Waals surface area (Å²) in [7, 11) is 0. The molecule has 0 unspecified atom stereocenters. The minimum atomic E-state index is -0.521. The van der Waals surface area contributed by atoms with Crippen molar-refractivity contribution in [3.63, 3.8) is 0 Å². The van der Waals surface area contributed by atoms with Gasteiger partial charge < -0.3 is 5.32 Å². The fourth-order valence-electron chi connectivity index (χ4n) is 2.74. The van der Waals surface area contributed by atoms with Crippen LogP contribution in [-0.2, 0) is 16.0 Å². The summed E-state index contributed by atoms with van der Waals surface area (Å²) >= 11 is 12.7. The molecule has 0 bridgehead atoms. The first kappa shape index (κ1) is 22.8. The summed E-state index contributed by atoms with van der Waals surface area (Å²) in [5, 5.41) is 13.8. The number of carbonyl (C=O) groups is 3. The number of rotatable bonds is 7. The molecule has 0 radical (unpaired) electrons. The van der Waals surface area contributed by atoms with Gasteiger partial charge in [0.05, 0.1) is 16.2 Å². The highest BCUT2D eigenvalue weighted by Gasteiger charge is 2.34. The number of halogens is 2. The average Bonchev–Trinajstić information content (AvgIpc) is 2.98. The van der Waals surface area contributed by atoms with Gasteiger partial charge in [0.2, 0.25) is 5.91 Å². The third-order valence-corrected chi connectivity index (χ3v) is 5.79. The van der Waals surface area contributed by atoms with E-state index in [0.29, 0.717) is 21.2 Å². The number of thioether (sulfide) groups is 1. The Hall–Kier alpha value is -2.88. The number of non-ortho nitro benzene ring substituents is 1. The van der Waals surface area contributed by atoms with Crippen molar-refractivity contribution >= 4 is 63.8 Å². The Labute approximate surface area is 191 Å². The van der Waals surface area contributed by atoms with Crippen molar-refractivity contribution < 1.29 is 19.3 Å². The van der Waals surface area contributed by atoms with Gasteiger partial charge in [0.1, 0.15) is 0 Å². The molecular formula is C20H15Cl2N3O5S. The maximum atomic E-state index is 12.5. The molecule has 160 valence electrons. The van der Waals surface area contributed by atoms with Crippen LogP contribution in [0.2, 0.25) is 10.0 Å². The molecule has 3 rings (SSSR count). The zero-order valence-electron chi connectivity index (χ0n) is 15.8. The van der Waals surface area contributed by atoms with Crippen LogP contribution in [0.25, 0.3) is 6.08 Å². The van der Waals surface area contributed by atoms with E-state index in [1.54, 1.807) is 18.2 Å². The predicted octanol–water partition coefficient (Wildman–Crippen LogP) is 4.30. The molecule has 11 heteroatoms. The van der Waals surface area contributed by atoms with Crippen LogP contribution in [-0.4, -0.2) is 40.0 Å². The summed E-state index contributed by atoms with van der Waals surface area (Å²) in [6.45, 7) is 0.106. The molecule has 1 saturated heterocycles. The topological polar surface area (TPSA) is 110 Å². The predicted molar refractivity (Wildman–Crippen MR) is 119 cm³/mol. The molecular weight excluding hydrogens is 465 g/mol. The van der Waals surface area contributed by atoms with E-state index in [4.69, 9.17) is 23.2 Å². The van der Waals surface area contributed by atoms with Gasteiger partial charge in [-0.05, 0) is 53.2 Å². The molecule has 3 amide bonds. The van der Waals surface area contributed by atoms with Crippen molar-refractivity contribution in [3.05, 3.63) is 78.7 Å². The highest BCUT2D eigenvalue weighted by atomic mass is 35.5. The van der Waals surface area contributed by atoms with E-state index in [1.807, 2.05) is 0 Å². The largest absolute Gasteiger partial charge is 0.354 e. The molecule has 1 aliphatic rings. The van der Waals surface area contributed by atoms with Gasteiger partial charge >= 0.3 is 0 Å². The number of nitro benzene ring substituents is 1. The molecule has 1 N–H and O–H groups in total. The lowest BCUT2D eigenvalue weighted by Gasteiger charge is -2.13. The fraction of sp³-hybridized carbons (Fsp3) is 0.150. The Kier molecular flexibility index (Phi) is 7.32. The Bertz CT molecular complexity index is 1090. The van der Waals surface area contributed by atoms with Crippen molar-refractivity contribution in [2.45, 2.75) is 6.42 Å². The van der Waals surface area contributed by atoms with Crippen LogP contribution >= 0.6 is 35.0 Å². The number of imide groups is 1. The van der Waals surface area contributed by atoms with Gasteiger partial charge in [-0.3, -0.25) is 29.4 Å². The van der Waals surface area contributed by atoms with Gasteiger partial charge in [-0.15, -0.1) is 0 Å². The Morgan fingerprint density at radius 3 is 2.52 bits per heavy atom. The second-order valence-electron chi connectivity index (χ2n) is 6.44. The lowest BCUT2D eigenvalue weighted by Crippen LogP contribution is -2.37. The van der Waals surface area contributed by atoms with Gasteiger partial charge in [-0.25, -0.2) is 0 Å². The van der Waals surface area contributed by atoms with Crippen LogP contribution in [0, 0.1) is 10.1 Å². The van der Waals surface area contributed by atoms with Gasteiger partial charge in [0, 0.05) is 35.3 Å².